The quantitative estimate of drug-likeness (QED) is 0.595. The summed E-state index contributed by atoms with van der Waals surface area (Å²) in [5.41, 5.74) is -0.349. The summed E-state index contributed by atoms with van der Waals surface area (Å²) in [6.45, 7) is 0. The van der Waals surface area contributed by atoms with Gasteiger partial charge in [0.25, 0.3) is 0 Å². The highest BCUT2D eigenvalue weighted by atomic mass is 16.3. The van der Waals surface area contributed by atoms with Crippen molar-refractivity contribution >= 4 is 0 Å². The van der Waals surface area contributed by atoms with Crippen LogP contribution in [0.5, 0.6) is 0 Å². The van der Waals surface area contributed by atoms with Crippen molar-refractivity contribution < 1.29 is 5.11 Å². The monoisotopic (exact) mass is 165 g/mol. The van der Waals surface area contributed by atoms with E-state index in [1.807, 2.05) is 0 Å². The molecule has 0 unspecified atom stereocenters. The molecule has 1 N–H and O–H groups in total. The van der Waals surface area contributed by atoms with Crippen molar-refractivity contribution in [1.82, 2.24) is 0 Å². The lowest BCUT2D eigenvalue weighted by Gasteiger charge is -2.37. The minimum Gasteiger partial charge on any atom is -0.391 e. The number of aliphatic hydroxyl groups excluding tert-OH is 1. The van der Waals surface area contributed by atoms with Gasteiger partial charge >= 0.3 is 0 Å². The molecule has 0 aromatic rings. The number of fused-ring (bicyclic) bond motifs is 1. The van der Waals surface area contributed by atoms with Crippen molar-refractivity contribution in [3.63, 3.8) is 0 Å². The Morgan fingerprint density at radius 3 is 2.67 bits per heavy atom. The molecule has 12 heavy (non-hydrogen) atoms. The minimum absolute atomic E-state index is 0.344. The van der Waals surface area contributed by atoms with Gasteiger partial charge in [0, 0.05) is 0 Å². The molecular weight excluding hydrogens is 150 g/mol. The molecule has 2 aliphatic carbocycles. The highest BCUT2D eigenvalue weighted by Crippen LogP contribution is 2.51. The van der Waals surface area contributed by atoms with Crippen LogP contribution in [-0.2, 0) is 0 Å². The van der Waals surface area contributed by atoms with Crippen LogP contribution in [0.2, 0.25) is 0 Å². The summed E-state index contributed by atoms with van der Waals surface area (Å²) in [4.78, 5) is 0. The van der Waals surface area contributed by atoms with Crippen LogP contribution >= 0.6 is 0 Å². The highest BCUT2D eigenvalue weighted by molar-refractivity contribution is 5.12. The second kappa shape index (κ2) is 2.74. The Kier molecular flexibility index (Phi) is 1.84. The van der Waals surface area contributed by atoms with Crippen LogP contribution in [0.3, 0.4) is 0 Å². The average Bonchev–Trinajstić information content (AvgIpc) is 2.50. The third kappa shape index (κ3) is 0.895. The van der Waals surface area contributed by atoms with Gasteiger partial charge < -0.3 is 5.11 Å². The average molecular weight is 165 g/mol. The molecule has 2 aliphatic rings. The van der Waals surface area contributed by atoms with Gasteiger partial charge in [-0.3, -0.25) is 0 Å². The molecule has 2 nitrogen and oxygen atoms in total. The molecule has 0 aromatic carbocycles. The number of rotatable bonds is 0. The normalized spacial score (nSPS) is 46.7. The summed E-state index contributed by atoms with van der Waals surface area (Å²) >= 11 is 0. The van der Waals surface area contributed by atoms with E-state index in [1.54, 1.807) is 0 Å². The van der Waals surface area contributed by atoms with Gasteiger partial charge in [-0.25, -0.2) is 0 Å². The Morgan fingerprint density at radius 1 is 1.25 bits per heavy atom. The largest absolute Gasteiger partial charge is 0.391 e. The minimum atomic E-state index is -0.349. The van der Waals surface area contributed by atoms with Gasteiger partial charge in [0.2, 0.25) is 0 Å². The summed E-state index contributed by atoms with van der Waals surface area (Å²) in [6, 6.07) is 2.38. The Balaban J connectivity index is 2.27. The van der Waals surface area contributed by atoms with E-state index in [9.17, 15) is 5.11 Å². The first-order chi connectivity index (χ1) is 5.79. The fraction of sp³-hybridized carbons (Fsp3) is 0.900. The maximum absolute atomic E-state index is 9.81. The van der Waals surface area contributed by atoms with E-state index in [2.05, 4.69) is 6.07 Å². The van der Waals surface area contributed by atoms with E-state index < -0.39 is 0 Å². The van der Waals surface area contributed by atoms with Crippen molar-refractivity contribution in [2.45, 2.75) is 44.6 Å². The molecule has 0 spiro atoms. The second-order valence-corrected chi connectivity index (χ2v) is 4.19. The summed E-state index contributed by atoms with van der Waals surface area (Å²) in [7, 11) is 0. The van der Waals surface area contributed by atoms with Crippen LogP contribution in [0, 0.1) is 22.7 Å². The number of hydrogen-bond acceptors (Lipinski definition) is 2. The lowest BCUT2D eigenvalue weighted by atomic mass is 9.67. The Labute approximate surface area is 73.2 Å². The van der Waals surface area contributed by atoms with E-state index >= 15 is 0 Å². The maximum atomic E-state index is 9.81. The topological polar surface area (TPSA) is 44.0 Å². The zero-order valence-corrected chi connectivity index (χ0v) is 7.29. The van der Waals surface area contributed by atoms with E-state index in [0.29, 0.717) is 5.92 Å². The number of hydrogen-bond donors (Lipinski definition) is 1. The van der Waals surface area contributed by atoms with E-state index in [0.717, 1.165) is 38.5 Å². The second-order valence-electron chi connectivity index (χ2n) is 4.19. The zero-order valence-electron chi connectivity index (χ0n) is 7.29. The van der Waals surface area contributed by atoms with E-state index in [1.165, 1.54) is 0 Å². The van der Waals surface area contributed by atoms with Crippen molar-refractivity contribution in [3.8, 4) is 6.07 Å². The molecule has 2 fully saturated rings. The van der Waals surface area contributed by atoms with E-state index in [4.69, 9.17) is 5.26 Å². The van der Waals surface area contributed by atoms with Crippen LogP contribution < -0.4 is 0 Å². The number of nitriles is 1. The van der Waals surface area contributed by atoms with Crippen LogP contribution in [0.1, 0.15) is 38.5 Å². The number of aliphatic hydroxyl groups is 1. The first-order valence-corrected chi connectivity index (χ1v) is 4.89. The summed E-state index contributed by atoms with van der Waals surface area (Å²) < 4.78 is 0. The van der Waals surface area contributed by atoms with Crippen molar-refractivity contribution in [2.75, 3.05) is 0 Å². The van der Waals surface area contributed by atoms with Crippen molar-refractivity contribution in [1.29, 1.82) is 5.26 Å². The van der Waals surface area contributed by atoms with E-state index in [-0.39, 0.29) is 11.5 Å². The molecule has 2 heteroatoms. The smallest absolute Gasteiger partial charge is 0.0860 e. The number of nitrogens with zero attached hydrogens (tertiary/aromatic N) is 1. The van der Waals surface area contributed by atoms with Gasteiger partial charge in [0.05, 0.1) is 17.6 Å². The molecule has 3 atom stereocenters. The van der Waals surface area contributed by atoms with Gasteiger partial charge in [-0.2, -0.15) is 5.26 Å². The fourth-order valence-electron chi connectivity index (χ4n) is 2.98. The standard InChI is InChI=1S/C10H15NO/c11-7-10-6-2-4-8(10)3-1-5-9(10)12/h8-9,12H,1-6H2/t8-,9-,10-/m1/s1. The molecule has 0 radical (unpaired) electrons. The molecule has 0 bridgehead atoms. The first-order valence-electron chi connectivity index (χ1n) is 4.89. The van der Waals surface area contributed by atoms with Crippen LogP contribution in [0.4, 0.5) is 0 Å². The lowest BCUT2D eigenvalue weighted by Crippen LogP contribution is -2.40. The van der Waals surface area contributed by atoms with Gasteiger partial charge in [0.1, 0.15) is 0 Å². The zero-order chi connectivity index (χ0) is 8.60. The first kappa shape index (κ1) is 8.07. The van der Waals surface area contributed by atoms with Gasteiger partial charge in [-0.15, -0.1) is 0 Å². The Bertz CT molecular complexity index is 220. The summed E-state index contributed by atoms with van der Waals surface area (Å²) in [5.74, 6) is 0.492. The molecule has 0 heterocycles. The lowest BCUT2D eigenvalue weighted by molar-refractivity contribution is 0.00121. The van der Waals surface area contributed by atoms with Crippen molar-refractivity contribution in [2.24, 2.45) is 11.3 Å². The van der Waals surface area contributed by atoms with Crippen molar-refractivity contribution in [3.05, 3.63) is 0 Å². The molecule has 2 saturated carbocycles. The molecule has 0 aromatic heterocycles. The molecule has 2 rings (SSSR count). The third-order valence-electron chi connectivity index (χ3n) is 3.70. The fourth-order valence-corrected chi connectivity index (χ4v) is 2.98. The molecular formula is C10H15NO. The predicted octanol–water partition coefficient (Wildman–Crippen LogP) is 1.84. The van der Waals surface area contributed by atoms with Gasteiger partial charge in [0.15, 0.2) is 0 Å². The third-order valence-corrected chi connectivity index (χ3v) is 3.70. The van der Waals surface area contributed by atoms with Gasteiger partial charge in [-0.1, -0.05) is 12.8 Å². The molecule has 66 valence electrons. The summed E-state index contributed by atoms with van der Waals surface area (Å²) in [6.07, 6.45) is 5.97. The molecule has 0 amide bonds. The highest BCUT2D eigenvalue weighted by Gasteiger charge is 2.50. The molecule has 0 aliphatic heterocycles. The Hall–Kier alpha value is -0.550. The maximum Gasteiger partial charge on any atom is 0.0860 e. The van der Waals surface area contributed by atoms with Crippen LogP contribution in [0.15, 0.2) is 0 Å². The molecule has 0 saturated heterocycles. The summed E-state index contributed by atoms with van der Waals surface area (Å²) in [5, 5.41) is 18.9. The van der Waals surface area contributed by atoms with Crippen LogP contribution in [-0.4, -0.2) is 11.2 Å². The van der Waals surface area contributed by atoms with Gasteiger partial charge in [-0.05, 0) is 31.6 Å². The SMILES string of the molecule is N#C[C@]12CCC[C@H]1CCC[C@H]2O. The Morgan fingerprint density at radius 2 is 2.00 bits per heavy atom. The predicted molar refractivity (Wildman–Crippen MR) is 45.2 cm³/mol. The van der Waals surface area contributed by atoms with Crippen LogP contribution in [0.25, 0.3) is 0 Å².